The number of halogens is 1. The molecule has 4 heterocycles. The summed E-state index contributed by atoms with van der Waals surface area (Å²) in [5, 5.41) is 11.7. The molecule has 35 heavy (non-hydrogen) atoms. The molecule has 0 aliphatic carbocycles. The maximum absolute atomic E-state index is 14.7. The van der Waals surface area contributed by atoms with Crippen molar-refractivity contribution in [2.24, 2.45) is 5.16 Å². The molecule has 0 radical (unpaired) electrons. The minimum atomic E-state index is -0.798. The first-order chi connectivity index (χ1) is 17.1. The predicted octanol–water partition coefficient (Wildman–Crippen LogP) is 1.62. The second kappa shape index (κ2) is 9.33. The molecule has 0 unspecified atom stereocenters. The van der Waals surface area contributed by atoms with E-state index >= 15 is 0 Å². The summed E-state index contributed by atoms with van der Waals surface area (Å²) < 4.78 is 16.1. The highest BCUT2D eigenvalue weighted by atomic mass is 19.1. The van der Waals surface area contributed by atoms with E-state index in [1.54, 1.807) is 6.20 Å². The highest BCUT2D eigenvalue weighted by molar-refractivity contribution is 6.45. The van der Waals surface area contributed by atoms with Gasteiger partial charge in [0.25, 0.3) is 11.7 Å². The van der Waals surface area contributed by atoms with Crippen molar-refractivity contribution in [2.75, 3.05) is 33.3 Å². The minimum Gasteiger partial charge on any atom is -0.397 e. The third-order valence-electron chi connectivity index (χ3n) is 5.80. The van der Waals surface area contributed by atoms with Gasteiger partial charge in [0.2, 0.25) is 0 Å². The maximum Gasteiger partial charge on any atom is 0.295 e. The second-order valence-corrected chi connectivity index (χ2v) is 7.80. The molecule has 1 aromatic carbocycles. The number of hydrogen-bond acceptors (Lipinski definition) is 7. The molecule has 3 aromatic heterocycles. The topological polar surface area (TPSA) is 122 Å². The van der Waals surface area contributed by atoms with Crippen LogP contribution in [0.15, 0.2) is 60.3 Å². The van der Waals surface area contributed by atoms with E-state index in [0.29, 0.717) is 32.0 Å². The van der Waals surface area contributed by atoms with Gasteiger partial charge in [-0.1, -0.05) is 40.7 Å². The smallest absolute Gasteiger partial charge is 0.295 e. The van der Waals surface area contributed by atoms with E-state index in [1.807, 2.05) is 35.2 Å². The van der Waals surface area contributed by atoms with Gasteiger partial charge < -0.3 is 19.6 Å². The van der Waals surface area contributed by atoms with Gasteiger partial charge in [-0.15, -0.1) is 5.10 Å². The van der Waals surface area contributed by atoms with Crippen LogP contribution < -0.4 is 0 Å². The summed E-state index contributed by atoms with van der Waals surface area (Å²) in [6, 6.07) is 9.57. The van der Waals surface area contributed by atoms with Crippen LogP contribution in [0.4, 0.5) is 4.39 Å². The monoisotopic (exact) mass is 476 g/mol. The van der Waals surface area contributed by atoms with Gasteiger partial charge in [-0.25, -0.2) is 14.1 Å². The number of benzene rings is 1. The number of nitrogens with zero attached hydrogens (tertiary/aromatic N) is 7. The van der Waals surface area contributed by atoms with Gasteiger partial charge in [0, 0.05) is 37.9 Å². The summed E-state index contributed by atoms with van der Waals surface area (Å²) in [6.07, 6.45) is 5.32. The number of aromatic nitrogens is 5. The average Bonchev–Trinajstić information content (AvgIpc) is 3.59. The fourth-order valence-electron chi connectivity index (χ4n) is 4.12. The number of carbonyl (C=O) groups is 2. The molecule has 5 rings (SSSR count). The van der Waals surface area contributed by atoms with Crippen LogP contribution >= 0.6 is 0 Å². The zero-order chi connectivity index (χ0) is 24.4. The highest BCUT2D eigenvalue weighted by Gasteiger charge is 2.31. The van der Waals surface area contributed by atoms with Crippen molar-refractivity contribution in [2.45, 2.75) is 0 Å². The molecular formula is C23H21FN8O3. The molecule has 1 aliphatic heterocycles. The van der Waals surface area contributed by atoms with E-state index in [-0.39, 0.29) is 22.3 Å². The lowest BCUT2D eigenvalue weighted by Gasteiger charge is -2.35. The molecule has 0 spiro atoms. The van der Waals surface area contributed by atoms with Crippen molar-refractivity contribution in [1.82, 2.24) is 34.8 Å². The quantitative estimate of drug-likeness (QED) is 0.153. The summed E-state index contributed by atoms with van der Waals surface area (Å²) in [6.45, 7) is 1.52. The van der Waals surface area contributed by atoms with Gasteiger partial charge in [0.1, 0.15) is 7.11 Å². The molecule has 0 bridgehead atoms. The summed E-state index contributed by atoms with van der Waals surface area (Å²) in [7, 11) is 1.48. The third kappa shape index (κ3) is 4.09. The van der Waals surface area contributed by atoms with Crippen LogP contribution in [0.1, 0.15) is 15.9 Å². The van der Waals surface area contributed by atoms with Crippen LogP contribution in [0.2, 0.25) is 0 Å². The molecule has 1 amide bonds. The zero-order valence-electron chi connectivity index (χ0n) is 18.8. The Morgan fingerprint density at radius 2 is 1.86 bits per heavy atom. The Balaban J connectivity index is 1.35. The van der Waals surface area contributed by atoms with Gasteiger partial charge in [0.05, 0.1) is 35.1 Å². The Hall–Kier alpha value is -4.61. The van der Waals surface area contributed by atoms with Crippen LogP contribution in [0, 0.1) is 5.82 Å². The molecule has 1 fully saturated rings. The molecule has 1 N–H and O–H groups in total. The zero-order valence-corrected chi connectivity index (χ0v) is 18.8. The number of fused-ring (bicyclic) bond motifs is 1. The Bertz CT molecular complexity index is 1390. The highest BCUT2D eigenvalue weighted by Crippen LogP contribution is 2.26. The number of hydrogen-bond donors (Lipinski definition) is 1. The van der Waals surface area contributed by atoms with Crippen LogP contribution in [-0.4, -0.2) is 85.6 Å². The molecular weight excluding hydrogens is 455 g/mol. The maximum atomic E-state index is 14.7. The fourth-order valence-corrected chi connectivity index (χ4v) is 4.12. The second-order valence-electron chi connectivity index (χ2n) is 7.80. The van der Waals surface area contributed by atoms with E-state index in [0.717, 1.165) is 11.8 Å². The van der Waals surface area contributed by atoms with Crippen molar-refractivity contribution in [3.05, 3.63) is 72.1 Å². The largest absolute Gasteiger partial charge is 0.397 e. The van der Waals surface area contributed by atoms with Gasteiger partial charge >= 0.3 is 0 Å². The lowest BCUT2D eigenvalue weighted by atomic mass is 10.1. The van der Waals surface area contributed by atoms with Crippen molar-refractivity contribution in [1.29, 1.82) is 0 Å². The van der Waals surface area contributed by atoms with E-state index in [2.05, 4.69) is 25.4 Å². The van der Waals surface area contributed by atoms with Gasteiger partial charge in [-0.3, -0.25) is 9.59 Å². The number of amides is 1. The van der Waals surface area contributed by atoms with Crippen molar-refractivity contribution in [3.63, 3.8) is 0 Å². The minimum absolute atomic E-state index is 0.0129. The van der Waals surface area contributed by atoms with Gasteiger partial charge in [0.15, 0.2) is 17.5 Å². The van der Waals surface area contributed by atoms with Gasteiger partial charge in [-0.05, 0) is 0 Å². The normalized spacial score (nSPS) is 14.4. The average molecular weight is 476 g/mol. The summed E-state index contributed by atoms with van der Waals surface area (Å²) >= 11 is 0. The van der Waals surface area contributed by atoms with Crippen molar-refractivity contribution >= 4 is 28.4 Å². The summed E-state index contributed by atoms with van der Waals surface area (Å²) in [4.78, 5) is 41.6. The standard InChI is InChI=1S/C23H21FN8O3/c1-35-28-21(15-5-3-2-4-6-15)30-9-11-31(12-10-30)23(34)20(33)16-13-25-19-18(16)17(24)14-26-22(19)32-8-7-27-29-32/h2-8,13-14,25H,9-12H2,1H3. The molecule has 4 aromatic rings. The number of H-pyrrole nitrogens is 1. The molecule has 0 atom stereocenters. The number of rotatable bonds is 5. The Morgan fingerprint density at radius 3 is 2.54 bits per heavy atom. The third-order valence-corrected chi connectivity index (χ3v) is 5.80. The summed E-state index contributed by atoms with van der Waals surface area (Å²) in [5.74, 6) is -1.29. The van der Waals surface area contributed by atoms with Crippen LogP contribution in [-0.2, 0) is 9.63 Å². The molecule has 11 nitrogen and oxygen atoms in total. The molecule has 0 saturated carbocycles. The number of nitrogens with one attached hydrogen (secondary N) is 1. The van der Waals surface area contributed by atoms with Crippen LogP contribution in [0.3, 0.4) is 0 Å². The van der Waals surface area contributed by atoms with E-state index in [4.69, 9.17) is 4.84 Å². The molecule has 1 saturated heterocycles. The van der Waals surface area contributed by atoms with E-state index in [9.17, 15) is 14.0 Å². The van der Waals surface area contributed by atoms with E-state index in [1.165, 1.54) is 29.1 Å². The number of carbonyl (C=O) groups excluding carboxylic acids is 2. The Kier molecular flexibility index (Phi) is 5.92. The first-order valence-corrected chi connectivity index (χ1v) is 10.9. The number of amidine groups is 1. The predicted molar refractivity (Wildman–Crippen MR) is 123 cm³/mol. The van der Waals surface area contributed by atoms with Crippen LogP contribution in [0.25, 0.3) is 16.7 Å². The lowest BCUT2D eigenvalue weighted by molar-refractivity contribution is -0.127. The Morgan fingerprint density at radius 1 is 1.11 bits per heavy atom. The number of oxime groups is 1. The van der Waals surface area contributed by atoms with Crippen molar-refractivity contribution < 1.29 is 18.8 Å². The van der Waals surface area contributed by atoms with Crippen LogP contribution in [0.5, 0.6) is 0 Å². The van der Waals surface area contributed by atoms with Crippen molar-refractivity contribution in [3.8, 4) is 5.82 Å². The SMILES string of the molecule is CON=C(c1ccccc1)N1CCN(C(=O)C(=O)c2c[nH]c3c(-n4ccnn4)ncc(F)c23)CC1. The number of ketones is 1. The van der Waals surface area contributed by atoms with E-state index < -0.39 is 17.5 Å². The Labute approximate surface area is 198 Å². The molecule has 1 aliphatic rings. The number of piperazine rings is 1. The number of aromatic amines is 1. The molecule has 12 heteroatoms. The lowest BCUT2D eigenvalue weighted by Crippen LogP contribution is -2.52. The number of Topliss-reactive ketones (excluding diaryl/α,β-unsaturated/α-hetero) is 1. The first-order valence-electron chi connectivity index (χ1n) is 10.9. The van der Waals surface area contributed by atoms with Gasteiger partial charge in [-0.2, -0.15) is 0 Å². The summed E-state index contributed by atoms with van der Waals surface area (Å²) in [5.41, 5.74) is 1.08. The fraction of sp³-hybridized carbons (Fsp3) is 0.217. The first kappa shape index (κ1) is 22.2. The molecule has 178 valence electrons. The number of pyridine rings is 1.